The molecule has 8 heteroatoms. The maximum absolute atomic E-state index is 13.3. The number of imide groups is 1. The predicted octanol–water partition coefficient (Wildman–Crippen LogP) is 1.89. The van der Waals surface area contributed by atoms with Crippen molar-refractivity contribution in [1.29, 1.82) is 5.26 Å². The number of hydrogen-bond acceptors (Lipinski definition) is 6. The van der Waals surface area contributed by atoms with Crippen LogP contribution in [-0.2, 0) is 10.3 Å². The number of pyridine rings is 1. The number of rotatable bonds is 5. The van der Waals surface area contributed by atoms with Crippen molar-refractivity contribution in [3.05, 3.63) is 59.8 Å². The fraction of sp³-hybridized carbons (Fsp3) is 0.364. The molecular weight excluding hydrogens is 380 g/mol. The number of benzene rings is 1. The van der Waals surface area contributed by atoms with Gasteiger partial charge in [-0.2, -0.15) is 5.26 Å². The Bertz CT molecular complexity index is 981. The lowest BCUT2D eigenvalue weighted by molar-refractivity contribution is -0.133. The summed E-state index contributed by atoms with van der Waals surface area (Å²) in [5.41, 5.74) is 0.391. The minimum absolute atomic E-state index is 0.202. The standard InChI is InChI=1S/C22H24N6O2/c1-2-22(18-6-4-3-5-7-18)20(29)28(21(30)25-22)16-26-10-12-27(13-11-26)19-14-17(15-23)8-9-24-19/h3-9,14H,2,10-13,16H2,1H3,(H,25,30)/t22-/m0/s1. The van der Waals surface area contributed by atoms with Gasteiger partial charge in [-0.3, -0.25) is 9.69 Å². The molecule has 1 N–H and O–H groups in total. The van der Waals surface area contributed by atoms with Crippen LogP contribution in [0.1, 0.15) is 24.5 Å². The molecule has 3 amide bonds. The molecule has 2 saturated heterocycles. The first-order valence-electron chi connectivity index (χ1n) is 10.1. The molecule has 0 spiro atoms. The lowest BCUT2D eigenvalue weighted by Crippen LogP contribution is -2.52. The molecule has 4 rings (SSSR count). The summed E-state index contributed by atoms with van der Waals surface area (Å²) in [6.07, 6.45) is 2.13. The Morgan fingerprint density at radius 3 is 2.53 bits per heavy atom. The van der Waals surface area contributed by atoms with Gasteiger partial charge >= 0.3 is 6.03 Å². The van der Waals surface area contributed by atoms with Gasteiger partial charge in [0.05, 0.1) is 18.3 Å². The molecule has 2 aromatic rings. The Hall–Kier alpha value is -3.44. The van der Waals surface area contributed by atoms with E-state index in [0.717, 1.165) is 11.4 Å². The van der Waals surface area contributed by atoms with E-state index in [1.54, 1.807) is 18.3 Å². The summed E-state index contributed by atoms with van der Waals surface area (Å²) in [4.78, 5) is 35.8. The van der Waals surface area contributed by atoms with Crippen molar-refractivity contribution in [3.63, 3.8) is 0 Å². The number of carbonyl (C=O) groups is 2. The summed E-state index contributed by atoms with van der Waals surface area (Å²) in [6.45, 7) is 4.99. The average molecular weight is 404 g/mol. The van der Waals surface area contributed by atoms with Gasteiger partial charge < -0.3 is 10.2 Å². The smallest absolute Gasteiger partial charge is 0.326 e. The quantitative estimate of drug-likeness (QED) is 0.765. The van der Waals surface area contributed by atoms with Gasteiger partial charge in [0.15, 0.2) is 0 Å². The van der Waals surface area contributed by atoms with Crippen molar-refractivity contribution in [3.8, 4) is 6.07 Å². The van der Waals surface area contributed by atoms with E-state index in [0.29, 0.717) is 38.2 Å². The summed E-state index contributed by atoms with van der Waals surface area (Å²) >= 11 is 0. The molecule has 2 fully saturated rings. The Labute approximate surface area is 175 Å². The van der Waals surface area contributed by atoms with E-state index in [-0.39, 0.29) is 18.6 Å². The molecule has 8 nitrogen and oxygen atoms in total. The van der Waals surface area contributed by atoms with Crippen molar-refractivity contribution in [1.82, 2.24) is 20.1 Å². The first-order chi connectivity index (χ1) is 14.6. The minimum Gasteiger partial charge on any atom is -0.354 e. The second-order valence-electron chi connectivity index (χ2n) is 7.55. The molecule has 0 radical (unpaired) electrons. The van der Waals surface area contributed by atoms with Gasteiger partial charge in [0.2, 0.25) is 0 Å². The third kappa shape index (κ3) is 3.48. The van der Waals surface area contributed by atoms with Crippen molar-refractivity contribution < 1.29 is 9.59 Å². The minimum atomic E-state index is -0.998. The summed E-state index contributed by atoms with van der Waals surface area (Å²) in [7, 11) is 0. The number of piperazine rings is 1. The SMILES string of the molecule is CC[C@@]1(c2ccccc2)NC(=O)N(CN2CCN(c3cc(C#N)ccn3)CC2)C1=O. The third-order valence-corrected chi connectivity index (χ3v) is 5.88. The maximum atomic E-state index is 13.3. The topological polar surface area (TPSA) is 92.6 Å². The van der Waals surface area contributed by atoms with Crippen molar-refractivity contribution in [2.24, 2.45) is 0 Å². The number of urea groups is 1. The Morgan fingerprint density at radius 2 is 1.87 bits per heavy atom. The van der Waals surface area contributed by atoms with Crippen LogP contribution in [-0.4, -0.2) is 59.6 Å². The molecule has 1 atom stereocenters. The fourth-order valence-corrected chi connectivity index (χ4v) is 4.10. The fourth-order valence-electron chi connectivity index (χ4n) is 4.10. The largest absolute Gasteiger partial charge is 0.354 e. The normalized spacial score (nSPS) is 22.1. The van der Waals surface area contributed by atoms with Crippen LogP contribution in [0.2, 0.25) is 0 Å². The lowest BCUT2D eigenvalue weighted by atomic mass is 9.87. The monoisotopic (exact) mass is 404 g/mol. The summed E-state index contributed by atoms with van der Waals surface area (Å²) in [5.74, 6) is 0.574. The van der Waals surface area contributed by atoms with Gasteiger partial charge in [0.25, 0.3) is 5.91 Å². The van der Waals surface area contributed by atoms with Gasteiger partial charge in [-0.1, -0.05) is 37.3 Å². The Kier molecular flexibility index (Phi) is 5.38. The highest BCUT2D eigenvalue weighted by atomic mass is 16.2. The van der Waals surface area contributed by atoms with E-state index in [1.165, 1.54) is 4.90 Å². The highest BCUT2D eigenvalue weighted by Gasteiger charge is 2.51. The Morgan fingerprint density at radius 1 is 1.13 bits per heavy atom. The van der Waals surface area contributed by atoms with E-state index in [9.17, 15) is 9.59 Å². The van der Waals surface area contributed by atoms with Crippen LogP contribution < -0.4 is 10.2 Å². The van der Waals surface area contributed by atoms with Crippen molar-refractivity contribution >= 4 is 17.8 Å². The number of anilines is 1. The van der Waals surface area contributed by atoms with Gasteiger partial charge in [0, 0.05) is 32.4 Å². The molecule has 0 bridgehead atoms. The summed E-state index contributed by atoms with van der Waals surface area (Å²) in [5, 5.41) is 12.0. The van der Waals surface area contributed by atoms with Crippen LogP contribution in [0.15, 0.2) is 48.7 Å². The molecule has 0 aliphatic carbocycles. The van der Waals surface area contributed by atoms with E-state index >= 15 is 0 Å². The summed E-state index contributed by atoms with van der Waals surface area (Å²) in [6, 6.07) is 14.7. The highest BCUT2D eigenvalue weighted by molar-refractivity contribution is 6.07. The molecule has 2 aliphatic rings. The molecule has 1 aromatic heterocycles. The maximum Gasteiger partial charge on any atom is 0.326 e. The van der Waals surface area contributed by atoms with Gasteiger partial charge in [-0.05, 0) is 24.1 Å². The molecular formula is C22H24N6O2. The molecule has 30 heavy (non-hydrogen) atoms. The number of carbonyl (C=O) groups excluding carboxylic acids is 2. The van der Waals surface area contributed by atoms with Crippen molar-refractivity contribution in [2.45, 2.75) is 18.9 Å². The highest BCUT2D eigenvalue weighted by Crippen LogP contribution is 2.32. The van der Waals surface area contributed by atoms with Crippen molar-refractivity contribution in [2.75, 3.05) is 37.7 Å². The number of nitrogens with zero attached hydrogens (tertiary/aromatic N) is 5. The third-order valence-electron chi connectivity index (χ3n) is 5.88. The zero-order chi connectivity index (χ0) is 21.1. The van der Waals surface area contributed by atoms with E-state index < -0.39 is 5.54 Å². The zero-order valence-electron chi connectivity index (χ0n) is 16.9. The molecule has 3 heterocycles. The molecule has 2 aliphatic heterocycles. The zero-order valence-corrected chi connectivity index (χ0v) is 16.9. The van der Waals surface area contributed by atoms with Crippen LogP contribution in [0.25, 0.3) is 0 Å². The van der Waals surface area contributed by atoms with E-state index in [4.69, 9.17) is 5.26 Å². The number of amides is 3. The van der Waals surface area contributed by atoms with Crippen LogP contribution in [0.5, 0.6) is 0 Å². The summed E-state index contributed by atoms with van der Waals surface area (Å²) < 4.78 is 0. The predicted molar refractivity (Wildman–Crippen MR) is 111 cm³/mol. The van der Waals surface area contributed by atoms with Gasteiger partial charge in [-0.15, -0.1) is 0 Å². The molecule has 154 valence electrons. The number of aromatic nitrogens is 1. The van der Waals surface area contributed by atoms with Crippen LogP contribution >= 0.6 is 0 Å². The van der Waals surface area contributed by atoms with Gasteiger partial charge in [0.1, 0.15) is 11.4 Å². The first-order valence-corrected chi connectivity index (χ1v) is 10.1. The van der Waals surface area contributed by atoms with Crippen LogP contribution in [0.4, 0.5) is 10.6 Å². The van der Waals surface area contributed by atoms with Crippen LogP contribution in [0.3, 0.4) is 0 Å². The average Bonchev–Trinajstić information content (AvgIpc) is 3.05. The first kappa shape index (κ1) is 19.9. The number of nitriles is 1. The Balaban J connectivity index is 1.42. The number of hydrogen-bond donors (Lipinski definition) is 1. The van der Waals surface area contributed by atoms with E-state index in [2.05, 4.69) is 26.2 Å². The molecule has 0 unspecified atom stereocenters. The lowest BCUT2D eigenvalue weighted by Gasteiger charge is -2.36. The van der Waals surface area contributed by atoms with Crippen LogP contribution in [0, 0.1) is 11.3 Å². The molecule has 0 saturated carbocycles. The second-order valence-corrected chi connectivity index (χ2v) is 7.55. The van der Waals surface area contributed by atoms with E-state index in [1.807, 2.05) is 37.3 Å². The number of nitrogens with one attached hydrogen (secondary N) is 1. The second kappa shape index (κ2) is 8.13. The molecule has 1 aromatic carbocycles. The van der Waals surface area contributed by atoms with Gasteiger partial charge in [-0.25, -0.2) is 14.7 Å².